The number of carboxylic acid groups (broad SMARTS) is 1. The third-order valence-corrected chi connectivity index (χ3v) is 6.91. The molecule has 220 valence electrons. The van der Waals surface area contributed by atoms with Crippen LogP contribution in [0.1, 0.15) is 36.5 Å². The smallest absolute Gasteiger partial charge is 0.419 e. The fourth-order valence-electron chi connectivity index (χ4n) is 4.68. The van der Waals surface area contributed by atoms with E-state index in [1.165, 1.54) is 12.1 Å². The third kappa shape index (κ3) is 7.41. The van der Waals surface area contributed by atoms with Crippen LogP contribution in [0.25, 0.3) is 5.32 Å². The maximum atomic E-state index is 13.7. The number of halogens is 3. The van der Waals surface area contributed by atoms with E-state index in [4.69, 9.17) is 0 Å². The molecule has 0 radical (unpaired) electrons. The van der Waals surface area contributed by atoms with Crippen molar-refractivity contribution in [1.82, 2.24) is 4.90 Å². The van der Waals surface area contributed by atoms with Gasteiger partial charge in [-0.2, -0.15) is 13.2 Å². The Balaban J connectivity index is 0.00000462. The predicted molar refractivity (Wildman–Crippen MR) is 145 cm³/mol. The summed E-state index contributed by atoms with van der Waals surface area (Å²) in [4.78, 5) is 31.4. The van der Waals surface area contributed by atoms with Crippen molar-refractivity contribution in [2.75, 3.05) is 6.54 Å². The Morgan fingerprint density at radius 2 is 1.59 bits per heavy atom. The summed E-state index contributed by atoms with van der Waals surface area (Å²) < 4.78 is 41.0. The van der Waals surface area contributed by atoms with Gasteiger partial charge in [0.25, 0.3) is 0 Å². The number of aliphatic carboxylic acids is 1. The molecule has 0 aliphatic carbocycles. The molecule has 41 heavy (non-hydrogen) atoms. The second-order valence-electron chi connectivity index (χ2n) is 9.81. The number of aliphatic imine (C=N–C) groups is 1. The van der Waals surface area contributed by atoms with Crippen molar-refractivity contribution < 1.29 is 49.5 Å². The van der Waals surface area contributed by atoms with E-state index in [1.54, 1.807) is 42.5 Å². The van der Waals surface area contributed by atoms with E-state index in [0.29, 0.717) is 32.0 Å². The van der Waals surface area contributed by atoms with E-state index < -0.39 is 35.7 Å². The topological polar surface area (TPSA) is 104 Å². The number of likely N-dealkylation sites (tertiary alicyclic amines) is 1. The molecule has 1 amide bonds. The van der Waals surface area contributed by atoms with Crippen molar-refractivity contribution in [3.05, 3.63) is 107 Å². The molecule has 4 rings (SSSR count). The van der Waals surface area contributed by atoms with Gasteiger partial charge in [-0.05, 0) is 37.4 Å². The van der Waals surface area contributed by atoms with E-state index in [2.05, 4.69) is 10.3 Å². The van der Waals surface area contributed by atoms with Gasteiger partial charge in [0, 0.05) is 28.6 Å². The number of carboxylic acids is 1. The zero-order valence-corrected chi connectivity index (χ0v) is 23.1. The fourth-order valence-corrected chi connectivity index (χ4v) is 4.68. The predicted octanol–water partition coefficient (Wildman–Crippen LogP) is 5.48. The SMILES string of the molecule is C[C@](O)([C@H](N=C(c1ccccc1)c1ccccc1[N-]C(=O)[C@@H]1CCCN1Cc1ccccc1)C(=O)O)C(F)(F)F.[Ni]. The average Bonchev–Trinajstić information content (AvgIpc) is 3.38. The average molecular weight is 611 g/mol. The fraction of sp³-hybridized carbons (Fsp3) is 0.300. The summed E-state index contributed by atoms with van der Waals surface area (Å²) in [6.45, 7) is 1.66. The van der Waals surface area contributed by atoms with Crippen molar-refractivity contribution in [1.29, 1.82) is 0 Å². The molecule has 1 heterocycles. The maximum absolute atomic E-state index is 13.7. The van der Waals surface area contributed by atoms with Gasteiger partial charge in [-0.25, -0.2) is 4.79 Å². The number of amides is 1. The first kappa shape index (κ1) is 32.0. The molecule has 11 heteroatoms. The van der Waals surface area contributed by atoms with Crippen LogP contribution >= 0.6 is 0 Å². The molecule has 3 aromatic carbocycles. The molecule has 0 saturated carbocycles. The normalized spacial score (nSPS) is 18.2. The molecular weight excluding hydrogens is 582 g/mol. The summed E-state index contributed by atoms with van der Waals surface area (Å²) in [6.07, 6.45) is -3.86. The summed E-state index contributed by atoms with van der Waals surface area (Å²) in [6, 6.07) is 20.9. The Hall–Kier alpha value is -3.53. The Labute approximate surface area is 246 Å². The Kier molecular flexibility index (Phi) is 10.5. The van der Waals surface area contributed by atoms with Crippen LogP contribution in [-0.4, -0.2) is 63.1 Å². The summed E-state index contributed by atoms with van der Waals surface area (Å²) in [5.41, 5.74) is -2.15. The largest absolute Gasteiger partial charge is 0.625 e. The van der Waals surface area contributed by atoms with Crippen LogP contribution in [0.15, 0.2) is 89.9 Å². The van der Waals surface area contributed by atoms with E-state index in [1.807, 2.05) is 35.2 Å². The van der Waals surface area contributed by atoms with Crippen molar-refractivity contribution in [3.8, 4) is 0 Å². The zero-order valence-electron chi connectivity index (χ0n) is 22.1. The Bertz CT molecular complexity index is 1370. The molecule has 3 aromatic rings. The minimum atomic E-state index is -5.27. The standard InChI is InChI=1S/C30H30F3N3O4.Ni/c1-29(40,30(31,32)33)26(28(38)39)35-25(21-13-6-3-7-14-21)22-15-8-9-16-23(22)34-27(37)24-17-10-18-36(24)19-20-11-4-2-5-12-20;/h2-9,11-16,24,26,40H,10,17-19H2,1H3,(H2,34,35,37,38,39);/p-1/t24-,26+,29-;/m0./s1. The van der Waals surface area contributed by atoms with Crippen LogP contribution in [0.4, 0.5) is 18.9 Å². The van der Waals surface area contributed by atoms with Gasteiger partial charge in [-0.15, -0.1) is 5.69 Å². The number of benzene rings is 3. The first-order valence-corrected chi connectivity index (χ1v) is 12.8. The van der Waals surface area contributed by atoms with Gasteiger partial charge in [0.15, 0.2) is 11.6 Å². The molecule has 1 aliphatic rings. The minimum Gasteiger partial charge on any atom is -0.625 e. The number of carbonyl (C=O) groups is 2. The molecule has 1 saturated heterocycles. The molecule has 0 unspecified atom stereocenters. The van der Waals surface area contributed by atoms with Gasteiger partial charge in [-0.3, -0.25) is 9.89 Å². The second-order valence-corrected chi connectivity index (χ2v) is 9.81. The number of para-hydroxylation sites is 1. The number of rotatable bonds is 9. The van der Waals surface area contributed by atoms with E-state index in [0.717, 1.165) is 12.0 Å². The molecular formula is C30H29F3N3NiO4-. The van der Waals surface area contributed by atoms with E-state index in [-0.39, 0.29) is 33.5 Å². The summed E-state index contributed by atoms with van der Waals surface area (Å²) in [7, 11) is 0. The zero-order chi connectivity index (χ0) is 28.9. The van der Waals surface area contributed by atoms with Crippen molar-refractivity contribution >= 4 is 23.3 Å². The molecule has 7 nitrogen and oxygen atoms in total. The molecule has 2 N–H and O–H groups in total. The van der Waals surface area contributed by atoms with Crippen molar-refractivity contribution in [2.24, 2.45) is 4.99 Å². The first-order chi connectivity index (χ1) is 19.0. The summed E-state index contributed by atoms with van der Waals surface area (Å²) in [5, 5.41) is 24.3. The van der Waals surface area contributed by atoms with Crippen LogP contribution in [0.2, 0.25) is 0 Å². The van der Waals surface area contributed by atoms with Crippen LogP contribution < -0.4 is 0 Å². The number of carbonyl (C=O) groups excluding carboxylic acids is 1. The van der Waals surface area contributed by atoms with Crippen LogP contribution in [-0.2, 0) is 32.6 Å². The Morgan fingerprint density at radius 1 is 1.00 bits per heavy atom. The van der Waals surface area contributed by atoms with Gasteiger partial charge in [0.05, 0.1) is 17.7 Å². The quantitative estimate of drug-likeness (QED) is 0.246. The number of hydrogen-bond acceptors (Lipinski definition) is 5. The van der Waals surface area contributed by atoms with Crippen molar-refractivity contribution in [2.45, 2.75) is 50.2 Å². The number of hydrogen-bond donors (Lipinski definition) is 2. The van der Waals surface area contributed by atoms with Crippen LogP contribution in [0.3, 0.4) is 0 Å². The molecule has 1 fully saturated rings. The molecule has 0 aromatic heterocycles. The molecule has 0 spiro atoms. The number of aliphatic hydroxyl groups is 1. The van der Waals surface area contributed by atoms with Gasteiger partial charge in [0.1, 0.15) is 0 Å². The number of alkyl halides is 3. The Morgan fingerprint density at radius 3 is 2.20 bits per heavy atom. The van der Waals surface area contributed by atoms with Crippen LogP contribution in [0, 0.1) is 0 Å². The van der Waals surface area contributed by atoms with Crippen LogP contribution in [0.5, 0.6) is 0 Å². The van der Waals surface area contributed by atoms with Gasteiger partial charge in [0.2, 0.25) is 0 Å². The summed E-state index contributed by atoms with van der Waals surface area (Å²) >= 11 is 0. The monoisotopic (exact) mass is 610 g/mol. The van der Waals surface area contributed by atoms with E-state index >= 15 is 0 Å². The van der Waals surface area contributed by atoms with Gasteiger partial charge >= 0.3 is 12.1 Å². The van der Waals surface area contributed by atoms with Gasteiger partial charge < -0.3 is 20.3 Å². The van der Waals surface area contributed by atoms with Crippen molar-refractivity contribution in [3.63, 3.8) is 0 Å². The molecule has 0 bridgehead atoms. The second kappa shape index (κ2) is 13.4. The summed E-state index contributed by atoms with van der Waals surface area (Å²) in [5.74, 6) is -2.37. The maximum Gasteiger partial charge on any atom is 0.419 e. The molecule has 3 atom stereocenters. The van der Waals surface area contributed by atoms with Gasteiger partial charge in [-0.1, -0.05) is 84.9 Å². The minimum absolute atomic E-state index is 0. The molecule has 1 aliphatic heterocycles. The van der Waals surface area contributed by atoms with E-state index in [9.17, 15) is 33.0 Å². The first-order valence-electron chi connectivity index (χ1n) is 12.8. The number of nitrogens with zero attached hydrogens (tertiary/aromatic N) is 3. The third-order valence-electron chi connectivity index (χ3n) is 6.91.